The van der Waals surface area contributed by atoms with Crippen LogP contribution >= 0.6 is 0 Å². The number of esters is 2. The van der Waals surface area contributed by atoms with Crippen LogP contribution in [0.2, 0.25) is 0 Å². The third-order valence-electron chi connectivity index (χ3n) is 4.99. The molecule has 1 amide bonds. The lowest BCUT2D eigenvalue weighted by Crippen LogP contribution is -2.31. The number of carbonyl (C=O) groups excluding carboxylic acids is 3. The SMILES string of the molecule is COc1c(C)c2c(c(NC(=O)C(F)(F)F)c1CCC(C)/C=C/C(=O)OC(C)(C)C)C(=O)OC2. The molecule has 1 atom stereocenters. The molecule has 1 aliphatic rings. The molecule has 0 bridgehead atoms. The van der Waals surface area contributed by atoms with Gasteiger partial charge in [-0.2, -0.15) is 13.2 Å². The Morgan fingerprint density at radius 2 is 1.88 bits per heavy atom. The van der Waals surface area contributed by atoms with Crippen LogP contribution in [0.25, 0.3) is 0 Å². The van der Waals surface area contributed by atoms with Crippen molar-refractivity contribution in [1.82, 2.24) is 0 Å². The summed E-state index contributed by atoms with van der Waals surface area (Å²) in [5, 5.41) is 1.85. The summed E-state index contributed by atoms with van der Waals surface area (Å²) in [6, 6.07) is 0. The summed E-state index contributed by atoms with van der Waals surface area (Å²) in [5.74, 6) is -3.43. The van der Waals surface area contributed by atoms with E-state index in [9.17, 15) is 27.6 Å². The number of carbonyl (C=O) groups is 3. The number of cyclic esters (lactones) is 1. The lowest BCUT2D eigenvalue weighted by molar-refractivity contribution is -0.167. The first-order chi connectivity index (χ1) is 15.2. The number of hydrogen-bond donors (Lipinski definition) is 1. The second-order valence-electron chi connectivity index (χ2n) is 8.80. The number of nitrogens with one attached hydrogen (secondary N) is 1. The normalized spacial score (nSPS) is 14.6. The molecule has 1 aromatic rings. The number of benzene rings is 1. The van der Waals surface area contributed by atoms with Gasteiger partial charge in [-0.05, 0) is 52.0 Å². The van der Waals surface area contributed by atoms with Crippen molar-refractivity contribution in [2.24, 2.45) is 5.92 Å². The van der Waals surface area contributed by atoms with E-state index in [1.54, 1.807) is 33.8 Å². The molecule has 1 N–H and O–H groups in total. The maximum absolute atomic E-state index is 13.0. The van der Waals surface area contributed by atoms with Crippen molar-refractivity contribution in [1.29, 1.82) is 0 Å². The maximum Gasteiger partial charge on any atom is 0.471 e. The summed E-state index contributed by atoms with van der Waals surface area (Å²) in [6.07, 6.45) is -1.67. The minimum Gasteiger partial charge on any atom is -0.496 e. The Hall–Kier alpha value is -3.04. The van der Waals surface area contributed by atoms with E-state index in [2.05, 4.69) is 0 Å². The smallest absolute Gasteiger partial charge is 0.471 e. The second kappa shape index (κ2) is 9.84. The number of alkyl halides is 3. The molecule has 1 aromatic carbocycles. The summed E-state index contributed by atoms with van der Waals surface area (Å²) in [4.78, 5) is 35.9. The van der Waals surface area contributed by atoms with Crippen LogP contribution in [0.1, 0.15) is 61.2 Å². The van der Waals surface area contributed by atoms with E-state index in [-0.39, 0.29) is 41.5 Å². The maximum atomic E-state index is 13.0. The van der Waals surface area contributed by atoms with Crippen molar-refractivity contribution in [2.75, 3.05) is 12.4 Å². The molecular formula is C23H28F3NO6. The zero-order valence-electron chi connectivity index (χ0n) is 19.4. The van der Waals surface area contributed by atoms with Crippen molar-refractivity contribution in [3.63, 3.8) is 0 Å². The summed E-state index contributed by atoms with van der Waals surface area (Å²) in [5.41, 5.74) is 0.174. The highest BCUT2D eigenvalue weighted by Gasteiger charge is 2.41. The Morgan fingerprint density at radius 1 is 1.24 bits per heavy atom. The average Bonchev–Trinajstić information content (AvgIpc) is 3.06. The standard InChI is InChI=1S/C23H28F3NO6/c1-12(8-10-16(28)33-22(3,4)5)7-9-14-18(27-21(30)23(24,25)26)17-15(11-32-20(17)29)13(2)19(14)31-6/h8,10,12H,7,9,11H2,1-6H3,(H,27,30)/b10-8+. The van der Waals surface area contributed by atoms with Crippen molar-refractivity contribution >= 4 is 23.5 Å². The number of rotatable bonds is 7. The molecule has 0 saturated carbocycles. The molecule has 0 saturated heterocycles. The predicted molar refractivity (Wildman–Crippen MR) is 114 cm³/mol. The van der Waals surface area contributed by atoms with E-state index in [0.29, 0.717) is 17.5 Å². The van der Waals surface area contributed by atoms with E-state index in [1.807, 2.05) is 12.2 Å². The lowest BCUT2D eigenvalue weighted by atomic mass is 9.91. The van der Waals surface area contributed by atoms with Crippen molar-refractivity contribution < 1.29 is 41.8 Å². The zero-order valence-corrected chi connectivity index (χ0v) is 19.4. The largest absolute Gasteiger partial charge is 0.496 e. The van der Waals surface area contributed by atoms with Crippen molar-refractivity contribution in [3.8, 4) is 5.75 Å². The van der Waals surface area contributed by atoms with Crippen LogP contribution in [-0.4, -0.2) is 36.7 Å². The number of halogens is 3. The molecule has 182 valence electrons. The second-order valence-corrected chi connectivity index (χ2v) is 8.80. The molecule has 1 unspecified atom stereocenters. The van der Waals surface area contributed by atoms with Gasteiger partial charge < -0.3 is 19.5 Å². The molecule has 1 heterocycles. The fourth-order valence-corrected chi connectivity index (χ4v) is 3.47. The molecule has 0 spiro atoms. The van der Waals surface area contributed by atoms with Gasteiger partial charge in [-0.25, -0.2) is 9.59 Å². The summed E-state index contributed by atoms with van der Waals surface area (Å²) >= 11 is 0. The van der Waals surface area contributed by atoms with Crippen molar-refractivity contribution in [3.05, 3.63) is 34.4 Å². The molecule has 0 aromatic heterocycles. The molecule has 0 aliphatic carbocycles. The van der Waals surface area contributed by atoms with Gasteiger partial charge in [0.25, 0.3) is 0 Å². The monoisotopic (exact) mass is 471 g/mol. The van der Waals surface area contributed by atoms with Gasteiger partial charge in [0.2, 0.25) is 0 Å². The van der Waals surface area contributed by atoms with Crippen molar-refractivity contribution in [2.45, 2.75) is 65.8 Å². The van der Waals surface area contributed by atoms with E-state index >= 15 is 0 Å². The number of fused-ring (bicyclic) bond motifs is 1. The van der Waals surface area contributed by atoms with Gasteiger partial charge in [0, 0.05) is 17.2 Å². The van der Waals surface area contributed by atoms with Crippen LogP contribution in [0.4, 0.5) is 18.9 Å². The highest BCUT2D eigenvalue weighted by Crippen LogP contribution is 2.42. The average molecular weight is 471 g/mol. The molecule has 1 aliphatic heterocycles. The molecule has 2 rings (SSSR count). The number of amides is 1. The van der Waals surface area contributed by atoms with Crippen LogP contribution in [0.3, 0.4) is 0 Å². The van der Waals surface area contributed by atoms with E-state index in [1.165, 1.54) is 13.2 Å². The zero-order chi connectivity index (χ0) is 25.1. The Kier molecular flexibility index (Phi) is 7.82. The fraction of sp³-hybridized carbons (Fsp3) is 0.522. The molecule has 0 fully saturated rings. The van der Waals surface area contributed by atoms with Gasteiger partial charge in [0.15, 0.2) is 0 Å². The topological polar surface area (TPSA) is 90.9 Å². The van der Waals surface area contributed by atoms with Crippen LogP contribution in [0.5, 0.6) is 5.75 Å². The Balaban J connectivity index is 2.38. The number of allylic oxidation sites excluding steroid dienone is 1. The van der Waals surface area contributed by atoms with Gasteiger partial charge in [0.05, 0.1) is 18.4 Å². The Morgan fingerprint density at radius 3 is 2.42 bits per heavy atom. The summed E-state index contributed by atoms with van der Waals surface area (Å²) in [7, 11) is 1.36. The molecule has 0 radical (unpaired) electrons. The molecular weight excluding hydrogens is 443 g/mol. The number of methoxy groups -OCH3 is 1. The van der Waals surface area contributed by atoms with Crippen LogP contribution in [0, 0.1) is 12.8 Å². The Bertz CT molecular complexity index is 976. The highest BCUT2D eigenvalue weighted by molar-refractivity contribution is 6.07. The lowest BCUT2D eigenvalue weighted by Gasteiger charge is -2.21. The third kappa shape index (κ3) is 6.49. The van der Waals surface area contributed by atoms with Gasteiger partial charge in [-0.3, -0.25) is 4.79 Å². The molecule has 7 nitrogen and oxygen atoms in total. The van der Waals surface area contributed by atoms with E-state index in [0.717, 1.165) is 0 Å². The molecule has 10 heteroatoms. The first kappa shape index (κ1) is 26.2. The summed E-state index contributed by atoms with van der Waals surface area (Å²) in [6.45, 7) is 8.59. The minimum atomic E-state index is -5.14. The predicted octanol–water partition coefficient (Wildman–Crippen LogP) is 4.64. The quantitative estimate of drug-likeness (QED) is 0.460. The number of ether oxygens (including phenoxy) is 3. The molecule has 33 heavy (non-hydrogen) atoms. The first-order valence-electron chi connectivity index (χ1n) is 10.3. The van der Waals surface area contributed by atoms with Gasteiger partial charge in [-0.1, -0.05) is 13.0 Å². The number of hydrogen-bond acceptors (Lipinski definition) is 6. The van der Waals surface area contributed by atoms with Crippen LogP contribution in [-0.2, 0) is 32.1 Å². The Labute approximate surface area is 190 Å². The fourth-order valence-electron chi connectivity index (χ4n) is 3.47. The van der Waals surface area contributed by atoms with E-state index < -0.39 is 29.6 Å². The van der Waals surface area contributed by atoms with Gasteiger partial charge in [-0.15, -0.1) is 0 Å². The third-order valence-corrected chi connectivity index (χ3v) is 4.99. The number of anilines is 1. The van der Waals surface area contributed by atoms with Crippen LogP contribution < -0.4 is 10.1 Å². The van der Waals surface area contributed by atoms with Gasteiger partial charge >= 0.3 is 24.0 Å². The van der Waals surface area contributed by atoms with Gasteiger partial charge in [0.1, 0.15) is 18.0 Å². The van der Waals surface area contributed by atoms with Crippen LogP contribution in [0.15, 0.2) is 12.2 Å². The summed E-state index contributed by atoms with van der Waals surface area (Å²) < 4.78 is 54.6. The minimum absolute atomic E-state index is 0.0992. The first-order valence-corrected chi connectivity index (χ1v) is 10.3. The highest BCUT2D eigenvalue weighted by atomic mass is 19.4. The van der Waals surface area contributed by atoms with E-state index in [4.69, 9.17) is 14.2 Å².